The Hall–Kier alpha value is -2.96. The Morgan fingerprint density at radius 1 is 1.29 bits per heavy atom. The maximum Gasteiger partial charge on any atom is 0.251 e. The highest BCUT2D eigenvalue weighted by molar-refractivity contribution is 6.07. The molecule has 0 spiro atoms. The first-order valence-corrected chi connectivity index (χ1v) is 7.60. The van der Waals surface area contributed by atoms with Crippen LogP contribution in [-0.2, 0) is 14.4 Å². The summed E-state index contributed by atoms with van der Waals surface area (Å²) in [5.41, 5.74) is 1.27. The Morgan fingerprint density at radius 2 is 1.96 bits per heavy atom. The minimum atomic E-state index is -0.754. The van der Waals surface area contributed by atoms with E-state index in [2.05, 4.69) is 10.6 Å². The van der Waals surface area contributed by atoms with Crippen LogP contribution in [0.1, 0.15) is 29.3 Å². The molecule has 2 rings (SSSR count). The maximum atomic E-state index is 12.3. The van der Waals surface area contributed by atoms with Crippen LogP contribution in [0.3, 0.4) is 0 Å². The molecule has 1 aromatic rings. The molecule has 0 radical (unpaired) electrons. The number of imide groups is 1. The van der Waals surface area contributed by atoms with E-state index in [0.717, 1.165) is 5.56 Å². The lowest BCUT2D eigenvalue weighted by atomic mass is 10.1. The van der Waals surface area contributed by atoms with Crippen molar-refractivity contribution in [2.45, 2.75) is 19.4 Å². The molecular weight excluding hydrogens is 310 g/mol. The molecule has 126 valence electrons. The van der Waals surface area contributed by atoms with Crippen molar-refractivity contribution < 1.29 is 19.2 Å². The summed E-state index contributed by atoms with van der Waals surface area (Å²) >= 11 is 0. The van der Waals surface area contributed by atoms with E-state index in [1.165, 1.54) is 11.0 Å². The number of benzene rings is 1. The van der Waals surface area contributed by atoms with Crippen LogP contribution in [-0.4, -0.2) is 48.2 Å². The number of hydrogen-bond donors (Lipinski definition) is 2. The number of nitrogens with zero attached hydrogens (tertiary/aromatic N) is 1. The van der Waals surface area contributed by atoms with Gasteiger partial charge in [-0.1, -0.05) is 12.1 Å². The van der Waals surface area contributed by atoms with Crippen LogP contribution in [0.25, 0.3) is 6.08 Å². The lowest BCUT2D eigenvalue weighted by Gasteiger charge is -2.23. The van der Waals surface area contributed by atoms with Crippen LogP contribution in [0.15, 0.2) is 30.3 Å². The third kappa shape index (κ3) is 3.87. The van der Waals surface area contributed by atoms with Gasteiger partial charge in [0.1, 0.15) is 6.04 Å². The number of nitrogens with one attached hydrogen (secondary N) is 2. The highest BCUT2D eigenvalue weighted by Crippen LogP contribution is 2.13. The second kappa shape index (κ2) is 7.54. The standard InChI is InChI=1S/C17H19N3O4/c1-3-20(13-10-14(21)19-17(13)24)15(22)9-6-11-4-7-12(8-5-11)16(23)18-2/h4-9,13H,3,10H2,1-2H3,(H,18,23)(H,19,21,24)/b9-6-/t13-/m1/s1. The molecule has 1 aromatic carbocycles. The van der Waals surface area contributed by atoms with Gasteiger partial charge in [0.25, 0.3) is 5.91 Å². The largest absolute Gasteiger partial charge is 0.355 e. The summed E-state index contributed by atoms with van der Waals surface area (Å²) < 4.78 is 0. The summed E-state index contributed by atoms with van der Waals surface area (Å²) in [5.74, 6) is -1.35. The number of carbonyl (C=O) groups is 4. The smallest absolute Gasteiger partial charge is 0.251 e. The van der Waals surface area contributed by atoms with Crippen LogP contribution in [0.4, 0.5) is 0 Å². The number of likely N-dealkylation sites (N-methyl/N-ethyl adjacent to an activating group) is 1. The van der Waals surface area contributed by atoms with E-state index in [1.54, 1.807) is 44.3 Å². The third-order valence-electron chi connectivity index (χ3n) is 3.76. The van der Waals surface area contributed by atoms with Gasteiger partial charge in [0, 0.05) is 25.2 Å². The Labute approximate surface area is 139 Å². The van der Waals surface area contributed by atoms with Crippen LogP contribution in [0.5, 0.6) is 0 Å². The molecule has 2 N–H and O–H groups in total. The van der Waals surface area contributed by atoms with Crippen LogP contribution in [0, 0.1) is 0 Å². The van der Waals surface area contributed by atoms with Gasteiger partial charge in [0.15, 0.2) is 0 Å². The molecule has 24 heavy (non-hydrogen) atoms. The molecule has 0 aromatic heterocycles. The average Bonchev–Trinajstić information content (AvgIpc) is 2.91. The van der Waals surface area contributed by atoms with Crippen LogP contribution in [0.2, 0.25) is 0 Å². The summed E-state index contributed by atoms with van der Waals surface area (Å²) in [6, 6.07) is 6.00. The second-order valence-corrected chi connectivity index (χ2v) is 5.29. The minimum absolute atomic E-state index is 0.00687. The van der Waals surface area contributed by atoms with Crippen molar-refractivity contribution in [3.8, 4) is 0 Å². The summed E-state index contributed by atoms with van der Waals surface area (Å²) in [4.78, 5) is 48.1. The van der Waals surface area contributed by atoms with Gasteiger partial charge in [-0.3, -0.25) is 24.5 Å². The summed E-state index contributed by atoms with van der Waals surface area (Å²) in [7, 11) is 1.55. The molecule has 0 saturated carbocycles. The molecule has 4 amide bonds. The van der Waals surface area contributed by atoms with E-state index in [9.17, 15) is 19.2 Å². The fourth-order valence-corrected chi connectivity index (χ4v) is 2.47. The predicted molar refractivity (Wildman–Crippen MR) is 87.8 cm³/mol. The van der Waals surface area contributed by atoms with E-state index in [1.807, 2.05) is 0 Å². The van der Waals surface area contributed by atoms with Crippen molar-refractivity contribution in [2.24, 2.45) is 0 Å². The molecular formula is C17H19N3O4. The first-order valence-electron chi connectivity index (χ1n) is 7.60. The van der Waals surface area contributed by atoms with Gasteiger partial charge in [-0.25, -0.2) is 0 Å². The lowest BCUT2D eigenvalue weighted by Crippen LogP contribution is -2.43. The molecule has 7 nitrogen and oxygen atoms in total. The molecule has 0 aliphatic carbocycles. The highest BCUT2D eigenvalue weighted by Gasteiger charge is 2.36. The Morgan fingerprint density at radius 3 is 2.46 bits per heavy atom. The molecule has 1 saturated heterocycles. The van der Waals surface area contributed by atoms with Crippen molar-refractivity contribution in [3.63, 3.8) is 0 Å². The Kier molecular flexibility index (Phi) is 5.47. The summed E-state index contributed by atoms with van der Waals surface area (Å²) in [6.45, 7) is 2.07. The van der Waals surface area contributed by atoms with Gasteiger partial charge >= 0.3 is 0 Å². The van der Waals surface area contributed by atoms with Crippen LogP contribution < -0.4 is 10.6 Å². The fourth-order valence-electron chi connectivity index (χ4n) is 2.47. The molecule has 1 atom stereocenters. The highest BCUT2D eigenvalue weighted by atomic mass is 16.2. The third-order valence-corrected chi connectivity index (χ3v) is 3.76. The van der Waals surface area contributed by atoms with Gasteiger partial charge in [-0.15, -0.1) is 0 Å². The van der Waals surface area contributed by atoms with Gasteiger partial charge in [-0.2, -0.15) is 0 Å². The zero-order valence-electron chi connectivity index (χ0n) is 13.5. The topological polar surface area (TPSA) is 95.6 Å². The molecule has 1 heterocycles. The minimum Gasteiger partial charge on any atom is -0.355 e. The molecule has 1 fully saturated rings. The first-order chi connectivity index (χ1) is 11.5. The van der Waals surface area contributed by atoms with E-state index >= 15 is 0 Å². The van der Waals surface area contributed by atoms with Gasteiger partial charge in [0.2, 0.25) is 17.7 Å². The monoisotopic (exact) mass is 329 g/mol. The van der Waals surface area contributed by atoms with E-state index in [-0.39, 0.29) is 24.1 Å². The fraction of sp³-hybridized carbons (Fsp3) is 0.294. The first kappa shape index (κ1) is 17.4. The van der Waals surface area contributed by atoms with E-state index in [0.29, 0.717) is 12.1 Å². The maximum absolute atomic E-state index is 12.3. The van der Waals surface area contributed by atoms with Gasteiger partial charge < -0.3 is 10.2 Å². The number of hydrogen-bond acceptors (Lipinski definition) is 4. The van der Waals surface area contributed by atoms with Crippen molar-refractivity contribution in [1.82, 2.24) is 15.5 Å². The predicted octanol–water partition coefficient (Wildman–Crippen LogP) is 0.323. The zero-order valence-corrected chi connectivity index (χ0v) is 13.5. The second-order valence-electron chi connectivity index (χ2n) is 5.29. The van der Waals surface area contributed by atoms with Gasteiger partial charge in [0.05, 0.1) is 6.42 Å². The van der Waals surface area contributed by atoms with Crippen molar-refractivity contribution in [1.29, 1.82) is 0 Å². The molecule has 0 unspecified atom stereocenters. The lowest BCUT2D eigenvalue weighted by molar-refractivity contribution is -0.135. The average molecular weight is 329 g/mol. The quantitative estimate of drug-likeness (QED) is 0.601. The molecule has 0 bridgehead atoms. The number of rotatable bonds is 5. The normalized spacial score (nSPS) is 17.0. The van der Waals surface area contributed by atoms with Crippen LogP contribution >= 0.6 is 0 Å². The Bertz CT molecular complexity index is 694. The number of carbonyl (C=O) groups excluding carboxylic acids is 4. The van der Waals surface area contributed by atoms with Gasteiger partial charge in [-0.05, 0) is 30.7 Å². The SMILES string of the molecule is CCN(C(=O)/C=C\c1ccc(C(=O)NC)cc1)[C@@H]1CC(=O)NC1=O. The summed E-state index contributed by atoms with van der Waals surface area (Å²) in [6.07, 6.45) is 2.95. The molecule has 7 heteroatoms. The van der Waals surface area contributed by atoms with E-state index in [4.69, 9.17) is 0 Å². The van der Waals surface area contributed by atoms with Crippen molar-refractivity contribution >= 4 is 29.7 Å². The number of amides is 4. The van der Waals surface area contributed by atoms with E-state index < -0.39 is 11.9 Å². The zero-order chi connectivity index (χ0) is 17.7. The summed E-state index contributed by atoms with van der Waals surface area (Å²) in [5, 5.41) is 4.73. The van der Waals surface area contributed by atoms with Crippen molar-refractivity contribution in [2.75, 3.05) is 13.6 Å². The van der Waals surface area contributed by atoms with Crippen molar-refractivity contribution in [3.05, 3.63) is 41.5 Å². The Balaban J connectivity index is 2.07. The molecule has 1 aliphatic rings. The molecule has 1 aliphatic heterocycles.